The SMILES string of the molecule is C[C@@](OCCC(C(=O)[O-])(C(=O)[O-])C(=O)[O-])(OC(=O)[C@H](O)[C@@H](O)[C@H](O)[C@H](O)CO)[C@@H](OC(=O)C=C(CC(=O)O)C(=O)[O-])[C@H](O)[C@H](O)CO.[Na+].[Na+].[Na+].[Na+]. The molecule has 0 aromatic carbocycles. The number of hydrogen-bond acceptors (Lipinski definition) is 22. The van der Waals surface area contributed by atoms with Crippen molar-refractivity contribution in [3.8, 4) is 0 Å². The molecule has 0 bridgehead atoms. The van der Waals surface area contributed by atoms with Gasteiger partial charge in [0.2, 0.25) is 0 Å². The zero-order valence-electron chi connectivity index (χ0n) is 27.9. The van der Waals surface area contributed by atoms with E-state index in [1.807, 2.05) is 0 Å². The Labute approximate surface area is 375 Å². The van der Waals surface area contributed by atoms with E-state index in [4.69, 9.17) is 24.4 Å². The van der Waals surface area contributed by atoms with Gasteiger partial charge in [-0.05, 0) is 12.0 Å². The van der Waals surface area contributed by atoms with Gasteiger partial charge in [0, 0.05) is 13.0 Å². The van der Waals surface area contributed by atoms with Gasteiger partial charge in [-0.15, -0.1) is 0 Å². The van der Waals surface area contributed by atoms with Gasteiger partial charge in [0.15, 0.2) is 12.2 Å². The summed E-state index contributed by atoms with van der Waals surface area (Å²) in [6.07, 6.45) is -21.5. The van der Waals surface area contributed by atoms with Gasteiger partial charge in [0.05, 0.1) is 55.5 Å². The van der Waals surface area contributed by atoms with Crippen LogP contribution in [0.5, 0.6) is 0 Å². The molecule has 0 unspecified atom stereocenters. The Morgan fingerprint density at radius 3 is 1.53 bits per heavy atom. The molecule has 51 heavy (non-hydrogen) atoms. The van der Waals surface area contributed by atoms with Gasteiger partial charge in [-0.1, -0.05) is 0 Å². The average Bonchev–Trinajstić information content (AvgIpc) is 2.98. The first-order valence-electron chi connectivity index (χ1n) is 12.7. The molecule has 0 spiro atoms. The first kappa shape index (κ1) is 59.9. The first-order valence-corrected chi connectivity index (χ1v) is 12.7. The van der Waals surface area contributed by atoms with Crippen LogP contribution in [0.4, 0.5) is 0 Å². The predicted molar refractivity (Wildman–Crippen MR) is 128 cm³/mol. The maximum atomic E-state index is 12.8. The molecule has 0 saturated heterocycles. The van der Waals surface area contributed by atoms with Crippen LogP contribution in [-0.4, -0.2) is 156 Å². The van der Waals surface area contributed by atoms with Crippen molar-refractivity contribution in [3.63, 3.8) is 0 Å². The number of rotatable bonds is 22. The third-order valence-electron chi connectivity index (χ3n) is 6.26. The zero-order valence-corrected chi connectivity index (χ0v) is 35.9. The number of aliphatic hydroxyl groups excluding tert-OH is 8. The summed E-state index contributed by atoms with van der Waals surface area (Å²) in [5, 5.41) is 133. The largest absolute Gasteiger partial charge is 1.00 e. The molecule has 23 nitrogen and oxygen atoms in total. The van der Waals surface area contributed by atoms with E-state index in [0.717, 1.165) is 0 Å². The monoisotopic (exact) mass is 778 g/mol. The molecule has 27 heteroatoms. The molecule has 0 heterocycles. The fraction of sp³-hybridized carbons (Fsp3) is 0.625. The second-order valence-corrected chi connectivity index (χ2v) is 9.60. The number of carbonyl (C=O) groups excluding carboxylic acids is 6. The Bertz CT molecular complexity index is 1180. The van der Waals surface area contributed by atoms with Crippen LogP contribution in [0.3, 0.4) is 0 Å². The molecule has 8 atom stereocenters. The average molecular weight is 778 g/mol. The van der Waals surface area contributed by atoms with Gasteiger partial charge < -0.3 is 99.8 Å². The Morgan fingerprint density at radius 1 is 0.725 bits per heavy atom. The van der Waals surface area contributed by atoms with E-state index in [2.05, 4.69) is 0 Å². The summed E-state index contributed by atoms with van der Waals surface area (Å²) in [4.78, 5) is 81.7. The maximum absolute atomic E-state index is 12.8. The minimum Gasteiger partial charge on any atom is -0.549 e. The fourth-order valence-corrected chi connectivity index (χ4v) is 3.50. The number of carboxylic acids is 5. The summed E-state index contributed by atoms with van der Waals surface area (Å²) >= 11 is 0. The van der Waals surface area contributed by atoms with Crippen molar-refractivity contribution in [2.75, 3.05) is 19.8 Å². The zero-order chi connectivity index (χ0) is 37.0. The number of hydrogen-bond donors (Lipinski definition) is 9. The fourth-order valence-electron chi connectivity index (χ4n) is 3.50. The van der Waals surface area contributed by atoms with Crippen LogP contribution >= 0.6 is 0 Å². The van der Waals surface area contributed by atoms with Gasteiger partial charge in [0.25, 0.3) is 5.79 Å². The quantitative estimate of drug-likeness (QED) is 0.0162. The second-order valence-electron chi connectivity index (χ2n) is 9.60. The Hall–Kier alpha value is -0.330. The Morgan fingerprint density at radius 2 is 1.16 bits per heavy atom. The Kier molecular flexibility index (Phi) is 32.1. The summed E-state index contributed by atoms with van der Waals surface area (Å²) in [6.45, 7) is -3.79. The van der Waals surface area contributed by atoms with E-state index in [9.17, 15) is 89.7 Å². The molecule has 268 valence electrons. The number of ether oxygens (including phenoxy) is 3. The summed E-state index contributed by atoms with van der Waals surface area (Å²) in [7, 11) is 0. The van der Waals surface area contributed by atoms with Crippen molar-refractivity contribution in [1.29, 1.82) is 0 Å². The molecule has 0 aliphatic heterocycles. The van der Waals surface area contributed by atoms with E-state index in [0.29, 0.717) is 6.92 Å². The molecule has 9 N–H and O–H groups in total. The van der Waals surface area contributed by atoms with Crippen LogP contribution in [0.25, 0.3) is 0 Å². The van der Waals surface area contributed by atoms with Crippen molar-refractivity contribution in [2.45, 2.75) is 68.3 Å². The first-order chi connectivity index (χ1) is 21.5. The van der Waals surface area contributed by atoms with Crippen LogP contribution < -0.4 is 139 Å². The summed E-state index contributed by atoms with van der Waals surface area (Å²) in [6, 6.07) is 0. The minimum atomic E-state index is -4.00. The van der Waals surface area contributed by atoms with Crippen molar-refractivity contribution in [3.05, 3.63) is 11.6 Å². The number of aliphatic carboxylic acids is 5. The molecular weight excluding hydrogens is 748 g/mol. The van der Waals surface area contributed by atoms with Crippen LogP contribution in [-0.2, 0) is 47.8 Å². The van der Waals surface area contributed by atoms with Crippen LogP contribution in [0.15, 0.2) is 11.6 Å². The van der Waals surface area contributed by atoms with E-state index in [1.165, 1.54) is 0 Å². The second kappa shape index (κ2) is 27.3. The Balaban J connectivity index is -0.00000176. The molecule has 0 saturated carbocycles. The van der Waals surface area contributed by atoms with Crippen molar-refractivity contribution < 1.29 is 232 Å². The molecule has 0 fully saturated rings. The van der Waals surface area contributed by atoms with Gasteiger partial charge in [-0.2, -0.15) is 0 Å². The van der Waals surface area contributed by atoms with Crippen molar-refractivity contribution in [2.24, 2.45) is 5.41 Å². The third-order valence-corrected chi connectivity index (χ3v) is 6.26. The van der Waals surface area contributed by atoms with Crippen molar-refractivity contribution in [1.82, 2.24) is 0 Å². The molecule has 0 aliphatic rings. The standard InChI is InChI=1S/C24H34O23.4Na/c1-23(45-3-2-24(20(39)40,21(41)42)22(43)44,47-19(38)16(35)15(34)13(32)9(27)6-25)17(14(33)10(28)7-26)46-12(31)5-8(18(36)37)4-11(29)30;;;;/h5,9-10,13-17,25-28,32-35H,2-4,6-7H2,1H3,(H,29,30)(H,36,37)(H,39,40)(H,41,42)(H,43,44);;;;/q;4*+1/p-4/t9-,10-,13-,14-,15+,16-,17+,23-;;;;/m1..../s1. The van der Waals surface area contributed by atoms with E-state index >= 15 is 0 Å². The van der Waals surface area contributed by atoms with Crippen LogP contribution in [0.1, 0.15) is 19.8 Å². The number of carbonyl (C=O) groups is 7. The van der Waals surface area contributed by atoms with E-state index in [-0.39, 0.29) is 124 Å². The third kappa shape index (κ3) is 17.3. The van der Waals surface area contributed by atoms with E-state index in [1.54, 1.807) is 0 Å². The molecular formula is C24H30Na4O23. The molecule has 0 aromatic heterocycles. The van der Waals surface area contributed by atoms with Gasteiger partial charge in [-0.25, -0.2) is 9.59 Å². The maximum Gasteiger partial charge on any atom is 1.00 e. The molecule has 0 aliphatic carbocycles. The smallest absolute Gasteiger partial charge is 0.549 e. The normalized spacial score (nSPS) is 16.5. The minimum absolute atomic E-state index is 0. The van der Waals surface area contributed by atoms with Crippen molar-refractivity contribution >= 4 is 41.8 Å². The topological polar surface area (TPSA) is 421 Å². The summed E-state index contributed by atoms with van der Waals surface area (Å²) < 4.78 is 14.6. The predicted octanol–water partition coefficient (Wildman–Crippen LogP) is -23.9. The van der Waals surface area contributed by atoms with Crippen LogP contribution in [0, 0.1) is 5.41 Å². The summed E-state index contributed by atoms with van der Waals surface area (Å²) in [5.74, 6) is -20.0. The molecule has 0 rings (SSSR count). The molecule has 0 radical (unpaired) electrons. The molecule has 0 amide bonds. The molecule has 0 aromatic rings. The number of aliphatic hydroxyl groups is 8. The van der Waals surface area contributed by atoms with E-state index < -0.39 is 134 Å². The summed E-state index contributed by atoms with van der Waals surface area (Å²) in [5.41, 5.74) is -5.28. The van der Waals surface area contributed by atoms with Crippen LogP contribution in [0.2, 0.25) is 0 Å². The van der Waals surface area contributed by atoms with Gasteiger partial charge >= 0.3 is 136 Å². The number of esters is 2. The van der Waals surface area contributed by atoms with Gasteiger partial charge in [-0.3, -0.25) is 4.79 Å². The number of carboxylic acid groups (broad SMARTS) is 5. The van der Waals surface area contributed by atoms with Gasteiger partial charge in [0.1, 0.15) is 30.5 Å².